The lowest BCUT2D eigenvalue weighted by Crippen LogP contribution is -2.14. The summed E-state index contributed by atoms with van der Waals surface area (Å²) in [6.07, 6.45) is 2.56. The molecule has 2 rings (SSSR count). The fourth-order valence-corrected chi connectivity index (χ4v) is 1.96. The summed E-state index contributed by atoms with van der Waals surface area (Å²) in [5, 5.41) is 12.9. The largest absolute Gasteiger partial charge is 0.476 e. The highest BCUT2D eigenvalue weighted by Gasteiger charge is 2.29. The van der Waals surface area contributed by atoms with Crippen LogP contribution in [-0.4, -0.2) is 33.9 Å². The Hall–Kier alpha value is -1.85. The van der Waals surface area contributed by atoms with Crippen LogP contribution in [0.4, 0.5) is 0 Å². The molecule has 0 unspecified atom stereocenters. The summed E-state index contributed by atoms with van der Waals surface area (Å²) < 4.78 is 6.19. The molecule has 0 aromatic carbocycles. The van der Waals surface area contributed by atoms with Gasteiger partial charge < -0.3 is 9.84 Å². The molecule has 0 fully saturated rings. The number of aromatic carboxylic acids is 1. The molecule has 1 aliphatic heterocycles. The van der Waals surface area contributed by atoms with Crippen molar-refractivity contribution in [2.75, 3.05) is 7.11 Å². The highest BCUT2D eigenvalue weighted by atomic mass is 16.5. The van der Waals surface area contributed by atoms with Crippen molar-refractivity contribution in [3.63, 3.8) is 0 Å². The first-order valence-electron chi connectivity index (χ1n) is 5.06. The van der Waals surface area contributed by atoms with E-state index in [1.807, 2.05) is 0 Å². The van der Waals surface area contributed by atoms with Crippen molar-refractivity contribution in [1.29, 1.82) is 0 Å². The molecule has 0 saturated carbocycles. The first-order chi connectivity index (χ1) is 7.65. The van der Waals surface area contributed by atoms with Crippen LogP contribution in [0.3, 0.4) is 0 Å². The number of fused-ring (bicyclic) bond motifs is 1. The molecule has 0 spiro atoms. The Morgan fingerprint density at radius 2 is 2.19 bits per heavy atom. The van der Waals surface area contributed by atoms with Gasteiger partial charge in [0, 0.05) is 6.54 Å². The number of aryl methyl sites for hydroxylation is 1. The van der Waals surface area contributed by atoms with Crippen molar-refractivity contribution < 1.29 is 19.4 Å². The van der Waals surface area contributed by atoms with E-state index in [1.165, 1.54) is 7.11 Å². The number of hydrogen-bond acceptors (Lipinski definition) is 4. The molecular formula is C10H12N2O4. The molecule has 86 valence electrons. The maximum atomic E-state index is 11.5. The van der Waals surface area contributed by atoms with E-state index in [9.17, 15) is 9.59 Å². The van der Waals surface area contributed by atoms with Crippen LogP contribution in [-0.2, 0) is 17.7 Å². The van der Waals surface area contributed by atoms with Gasteiger partial charge in [-0.2, -0.15) is 5.10 Å². The van der Waals surface area contributed by atoms with Gasteiger partial charge in [-0.15, -0.1) is 0 Å². The van der Waals surface area contributed by atoms with Crippen LogP contribution in [0, 0.1) is 0 Å². The highest BCUT2D eigenvalue weighted by molar-refractivity contribution is 6.02. The fraction of sp³-hybridized carbons (Fsp3) is 0.500. The molecule has 0 amide bonds. The first-order valence-corrected chi connectivity index (χ1v) is 5.06. The molecule has 1 aromatic rings. The molecule has 0 bridgehead atoms. The van der Waals surface area contributed by atoms with Crippen LogP contribution in [0.2, 0.25) is 0 Å². The van der Waals surface area contributed by atoms with E-state index in [0.29, 0.717) is 18.7 Å². The number of nitrogens with zero attached hydrogens (tertiary/aromatic N) is 2. The molecule has 1 N–H and O–H groups in total. The smallest absolute Gasteiger partial charge is 0.357 e. The normalized spacial score (nSPS) is 14.3. The average Bonchev–Trinajstić information content (AvgIpc) is 2.67. The summed E-state index contributed by atoms with van der Waals surface area (Å²) in [6, 6.07) is 0. The minimum absolute atomic E-state index is 0.106. The number of carbonyl (C=O) groups is 2. The van der Waals surface area contributed by atoms with Crippen molar-refractivity contribution in [3.05, 3.63) is 17.0 Å². The van der Waals surface area contributed by atoms with E-state index < -0.39 is 11.9 Å². The zero-order chi connectivity index (χ0) is 11.7. The fourth-order valence-electron chi connectivity index (χ4n) is 1.96. The van der Waals surface area contributed by atoms with Crippen LogP contribution in [0.1, 0.15) is 39.4 Å². The number of methoxy groups -OCH3 is 1. The molecule has 0 saturated heterocycles. The minimum atomic E-state index is -1.19. The van der Waals surface area contributed by atoms with E-state index in [0.717, 1.165) is 12.8 Å². The SMILES string of the molecule is COC(=O)c1c(C(=O)O)nn2c1CCCC2. The second-order valence-corrected chi connectivity index (χ2v) is 3.65. The number of rotatable bonds is 2. The zero-order valence-corrected chi connectivity index (χ0v) is 8.89. The van der Waals surface area contributed by atoms with Gasteiger partial charge in [0.05, 0.1) is 12.8 Å². The Kier molecular flexibility index (Phi) is 2.64. The molecule has 0 atom stereocenters. The molecule has 16 heavy (non-hydrogen) atoms. The molecule has 2 heterocycles. The van der Waals surface area contributed by atoms with Gasteiger partial charge in [0.25, 0.3) is 0 Å². The topological polar surface area (TPSA) is 81.4 Å². The summed E-state index contributed by atoms with van der Waals surface area (Å²) in [5.74, 6) is -1.82. The van der Waals surface area contributed by atoms with Crippen molar-refractivity contribution in [2.24, 2.45) is 0 Å². The second-order valence-electron chi connectivity index (χ2n) is 3.65. The predicted molar refractivity (Wildman–Crippen MR) is 53.5 cm³/mol. The Morgan fingerprint density at radius 3 is 2.81 bits per heavy atom. The number of carboxylic acid groups (broad SMARTS) is 1. The lowest BCUT2D eigenvalue weighted by molar-refractivity contribution is 0.0580. The lowest BCUT2D eigenvalue weighted by Gasteiger charge is -2.13. The molecule has 1 aliphatic rings. The number of aromatic nitrogens is 2. The average molecular weight is 224 g/mol. The summed E-state index contributed by atoms with van der Waals surface area (Å²) in [4.78, 5) is 22.5. The van der Waals surface area contributed by atoms with Gasteiger partial charge in [0.1, 0.15) is 5.56 Å². The van der Waals surface area contributed by atoms with Gasteiger partial charge in [0.15, 0.2) is 5.69 Å². The molecular weight excluding hydrogens is 212 g/mol. The Bertz CT molecular complexity index is 450. The summed E-state index contributed by atoms with van der Waals surface area (Å²) in [6.45, 7) is 0.659. The predicted octanol–water partition coefficient (Wildman–Crippen LogP) is 0.704. The summed E-state index contributed by atoms with van der Waals surface area (Å²) >= 11 is 0. The number of carboxylic acids is 1. The number of ether oxygens (including phenoxy) is 1. The van der Waals surface area contributed by atoms with Crippen molar-refractivity contribution in [1.82, 2.24) is 9.78 Å². The van der Waals surface area contributed by atoms with E-state index in [4.69, 9.17) is 5.11 Å². The molecule has 1 aromatic heterocycles. The van der Waals surface area contributed by atoms with E-state index in [2.05, 4.69) is 9.84 Å². The van der Waals surface area contributed by atoms with Crippen LogP contribution in [0.25, 0.3) is 0 Å². The van der Waals surface area contributed by atoms with Crippen LogP contribution in [0.15, 0.2) is 0 Å². The van der Waals surface area contributed by atoms with Gasteiger partial charge in [0.2, 0.25) is 0 Å². The third kappa shape index (κ3) is 1.56. The van der Waals surface area contributed by atoms with Gasteiger partial charge in [-0.3, -0.25) is 4.68 Å². The maximum absolute atomic E-state index is 11.5. The minimum Gasteiger partial charge on any atom is -0.476 e. The van der Waals surface area contributed by atoms with Crippen molar-refractivity contribution in [2.45, 2.75) is 25.8 Å². The molecule has 0 radical (unpaired) electrons. The van der Waals surface area contributed by atoms with Gasteiger partial charge in [-0.05, 0) is 19.3 Å². The van der Waals surface area contributed by atoms with Gasteiger partial charge >= 0.3 is 11.9 Å². The molecule has 6 heteroatoms. The number of carbonyl (C=O) groups excluding carboxylic acids is 1. The highest BCUT2D eigenvalue weighted by Crippen LogP contribution is 2.22. The third-order valence-corrected chi connectivity index (χ3v) is 2.68. The molecule has 6 nitrogen and oxygen atoms in total. The summed E-state index contributed by atoms with van der Waals surface area (Å²) in [7, 11) is 1.24. The first kappa shape index (κ1) is 10.7. The Morgan fingerprint density at radius 1 is 1.44 bits per heavy atom. The van der Waals surface area contributed by atoms with E-state index in [1.54, 1.807) is 4.68 Å². The van der Waals surface area contributed by atoms with Crippen molar-refractivity contribution in [3.8, 4) is 0 Å². The van der Waals surface area contributed by atoms with Gasteiger partial charge in [-0.25, -0.2) is 9.59 Å². The summed E-state index contributed by atoms with van der Waals surface area (Å²) in [5.41, 5.74) is 0.578. The van der Waals surface area contributed by atoms with Crippen LogP contribution < -0.4 is 0 Å². The zero-order valence-electron chi connectivity index (χ0n) is 8.89. The van der Waals surface area contributed by atoms with Crippen LogP contribution >= 0.6 is 0 Å². The molecule has 0 aliphatic carbocycles. The third-order valence-electron chi connectivity index (χ3n) is 2.68. The Labute approximate surface area is 91.8 Å². The maximum Gasteiger partial charge on any atom is 0.357 e. The standard InChI is InChI=1S/C10H12N2O4/c1-16-10(15)7-6-4-2-3-5-12(6)11-8(7)9(13)14/h2-5H2,1H3,(H,13,14). The number of hydrogen-bond donors (Lipinski definition) is 1. The van der Waals surface area contributed by atoms with E-state index in [-0.39, 0.29) is 11.3 Å². The van der Waals surface area contributed by atoms with E-state index >= 15 is 0 Å². The van der Waals surface area contributed by atoms with Gasteiger partial charge in [-0.1, -0.05) is 0 Å². The number of esters is 1. The monoisotopic (exact) mass is 224 g/mol. The Balaban J connectivity index is 2.57. The van der Waals surface area contributed by atoms with Crippen molar-refractivity contribution >= 4 is 11.9 Å². The van der Waals surface area contributed by atoms with Crippen LogP contribution in [0.5, 0.6) is 0 Å². The lowest BCUT2D eigenvalue weighted by atomic mass is 10.0. The second kappa shape index (κ2) is 3.96. The quantitative estimate of drug-likeness (QED) is 0.748.